The summed E-state index contributed by atoms with van der Waals surface area (Å²) in [6.45, 7) is 0.609. The first-order valence-electron chi connectivity index (χ1n) is 10.1. The van der Waals surface area contributed by atoms with E-state index in [0.717, 1.165) is 43.9 Å². The third kappa shape index (κ3) is 5.78. The highest BCUT2D eigenvalue weighted by molar-refractivity contribution is 5.80. The molecule has 0 atom stereocenters. The molecule has 1 amide bonds. The summed E-state index contributed by atoms with van der Waals surface area (Å²) in [5.74, 6) is -0.929. The van der Waals surface area contributed by atoms with Crippen LogP contribution in [0.15, 0.2) is 18.2 Å². The van der Waals surface area contributed by atoms with Gasteiger partial charge in [-0.05, 0) is 70.4 Å². The minimum atomic E-state index is -3.03. The number of rotatable bonds is 7. The van der Waals surface area contributed by atoms with E-state index >= 15 is 0 Å². The Morgan fingerprint density at radius 3 is 2.41 bits per heavy atom. The molecule has 2 saturated carbocycles. The van der Waals surface area contributed by atoms with Crippen molar-refractivity contribution in [1.29, 1.82) is 0 Å². The fraction of sp³-hybridized carbons (Fsp3) is 0.667. The van der Waals surface area contributed by atoms with Gasteiger partial charge in [0.2, 0.25) is 5.91 Å². The summed E-state index contributed by atoms with van der Waals surface area (Å²) < 4.78 is 48.3. The Morgan fingerprint density at radius 1 is 1.17 bits per heavy atom. The standard InChI is InChI=1S/C21H28F3NO4/c1-21(2,27)13-3-6-15(7-4-13)25-19(26)12-9-16(10-12)28-18-11-14(22)5-8-17(18)29-20(23)24/h5,8,11-13,15-16,20,27H,3-4,6-7,9-10H2,1-2H3,(H,25,26). The number of nitrogens with one attached hydrogen (secondary N) is 1. The van der Waals surface area contributed by atoms with Crippen molar-refractivity contribution in [1.82, 2.24) is 5.32 Å². The van der Waals surface area contributed by atoms with Crippen LogP contribution in [0.5, 0.6) is 11.5 Å². The highest BCUT2D eigenvalue weighted by Crippen LogP contribution is 2.37. The van der Waals surface area contributed by atoms with Crippen LogP contribution in [-0.2, 0) is 4.79 Å². The highest BCUT2D eigenvalue weighted by Gasteiger charge is 2.38. The van der Waals surface area contributed by atoms with Crippen LogP contribution in [0, 0.1) is 17.7 Å². The van der Waals surface area contributed by atoms with Gasteiger partial charge >= 0.3 is 6.61 Å². The summed E-state index contributed by atoms with van der Waals surface area (Å²) in [5.41, 5.74) is -0.697. The van der Waals surface area contributed by atoms with E-state index in [1.807, 2.05) is 13.8 Å². The molecule has 2 fully saturated rings. The maximum Gasteiger partial charge on any atom is 0.387 e. The van der Waals surface area contributed by atoms with E-state index in [4.69, 9.17) is 4.74 Å². The Bertz CT molecular complexity index is 708. The van der Waals surface area contributed by atoms with Crippen molar-refractivity contribution in [3.05, 3.63) is 24.0 Å². The van der Waals surface area contributed by atoms with Crippen molar-refractivity contribution in [3.8, 4) is 11.5 Å². The molecule has 2 aliphatic rings. The van der Waals surface area contributed by atoms with Crippen molar-refractivity contribution in [3.63, 3.8) is 0 Å². The average molecular weight is 415 g/mol. The fourth-order valence-electron chi connectivity index (χ4n) is 4.09. The SMILES string of the molecule is CC(C)(O)C1CCC(NC(=O)C2CC(Oc3cc(F)ccc3OC(F)F)C2)CC1. The van der Waals surface area contributed by atoms with Gasteiger partial charge in [-0.1, -0.05) is 0 Å². The number of alkyl halides is 2. The molecule has 2 aliphatic carbocycles. The molecule has 1 aromatic carbocycles. The van der Waals surface area contributed by atoms with Crippen LogP contribution < -0.4 is 14.8 Å². The smallest absolute Gasteiger partial charge is 0.387 e. The quantitative estimate of drug-likeness (QED) is 0.706. The molecular weight excluding hydrogens is 387 g/mol. The van der Waals surface area contributed by atoms with E-state index in [-0.39, 0.29) is 41.4 Å². The number of carbonyl (C=O) groups excluding carboxylic acids is 1. The van der Waals surface area contributed by atoms with Gasteiger partial charge in [0, 0.05) is 18.0 Å². The van der Waals surface area contributed by atoms with Gasteiger partial charge in [0.1, 0.15) is 11.9 Å². The zero-order valence-electron chi connectivity index (χ0n) is 16.7. The Morgan fingerprint density at radius 2 is 1.83 bits per heavy atom. The van der Waals surface area contributed by atoms with E-state index in [2.05, 4.69) is 10.1 Å². The van der Waals surface area contributed by atoms with Crippen molar-refractivity contribution >= 4 is 5.91 Å². The minimum absolute atomic E-state index is 0.0418. The molecule has 0 spiro atoms. The lowest BCUT2D eigenvalue weighted by Crippen LogP contribution is -2.48. The molecule has 0 bridgehead atoms. The van der Waals surface area contributed by atoms with E-state index in [1.165, 1.54) is 0 Å². The number of hydrogen-bond acceptors (Lipinski definition) is 4. The zero-order chi connectivity index (χ0) is 21.2. The van der Waals surface area contributed by atoms with Gasteiger partial charge in [0.15, 0.2) is 11.5 Å². The van der Waals surface area contributed by atoms with Crippen molar-refractivity contribution in [2.45, 2.75) is 76.7 Å². The largest absolute Gasteiger partial charge is 0.486 e. The summed E-state index contributed by atoms with van der Waals surface area (Å²) in [4.78, 5) is 12.4. The number of hydrogen-bond donors (Lipinski definition) is 2. The molecule has 3 rings (SSSR count). The van der Waals surface area contributed by atoms with Crippen molar-refractivity contribution in [2.75, 3.05) is 0 Å². The maximum atomic E-state index is 13.4. The molecule has 0 saturated heterocycles. The van der Waals surface area contributed by atoms with Gasteiger partial charge in [-0.15, -0.1) is 0 Å². The summed E-state index contributed by atoms with van der Waals surface area (Å²) in [7, 11) is 0. The summed E-state index contributed by atoms with van der Waals surface area (Å²) in [6, 6.07) is 3.24. The van der Waals surface area contributed by atoms with E-state index in [9.17, 15) is 23.1 Å². The van der Waals surface area contributed by atoms with Crippen LogP contribution >= 0.6 is 0 Å². The van der Waals surface area contributed by atoms with Gasteiger partial charge < -0.3 is 19.9 Å². The molecule has 29 heavy (non-hydrogen) atoms. The predicted octanol–water partition coefficient (Wildman–Crippen LogP) is 4.03. The lowest BCUT2D eigenvalue weighted by molar-refractivity contribution is -0.131. The number of amides is 1. The van der Waals surface area contributed by atoms with Crippen molar-refractivity contribution in [2.24, 2.45) is 11.8 Å². The molecule has 1 aromatic rings. The van der Waals surface area contributed by atoms with Gasteiger partial charge in [-0.25, -0.2) is 4.39 Å². The van der Waals surface area contributed by atoms with Crippen LogP contribution in [0.1, 0.15) is 52.4 Å². The van der Waals surface area contributed by atoms with Crippen LogP contribution in [0.3, 0.4) is 0 Å². The first kappa shape index (κ1) is 21.7. The number of ether oxygens (including phenoxy) is 2. The molecule has 8 heteroatoms. The highest BCUT2D eigenvalue weighted by atomic mass is 19.3. The number of benzene rings is 1. The van der Waals surface area contributed by atoms with Crippen LogP contribution in [0.2, 0.25) is 0 Å². The number of carbonyl (C=O) groups is 1. The number of halogens is 3. The average Bonchev–Trinajstić information content (AvgIpc) is 2.59. The summed E-state index contributed by atoms with van der Waals surface area (Å²) >= 11 is 0. The fourth-order valence-corrected chi connectivity index (χ4v) is 4.09. The number of aliphatic hydroxyl groups is 1. The lowest BCUT2D eigenvalue weighted by atomic mass is 9.76. The Hall–Kier alpha value is -1.96. The zero-order valence-corrected chi connectivity index (χ0v) is 16.7. The topological polar surface area (TPSA) is 67.8 Å². The first-order chi connectivity index (χ1) is 13.6. The van der Waals surface area contributed by atoms with Crippen molar-refractivity contribution < 1.29 is 32.5 Å². The second-order valence-electron chi connectivity index (χ2n) is 8.59. The van der Waals surface area contributed by atoms with Gasteiger partial charge in [-0.2, -0.15) is 8.78 Å². The first-order valence-corrected chi connectivity index (χ1v) is 10.1. The third-order valence-electron chi connectivity index (χ3n) is 5.95. The van der Waals surface area contributed by atoms with Crippen LogP contribution in [0.4, 0.5) is 13.2 Å². The molecule has 0 unspecified atom stereocenters. The molecule has 162 valence electrons. The Labute approximate surface area is 168 Å². The third-order valence-corrected chi connectivity index (χ3v) is 5.95. The molecule has 0 aromatic heterocycles. The second-order valence-corrected chi connectivity index (χ2v) is 8.59. The van der Waals surface area contributed by atoms with E-state index in [0.29, 0.717) is 12.8 Å². The van der Waals surface area contributed by atoms with E-state index in [1.54, 1.807) is 0 Å². The molecule has 0 heterocycles. The Kier molecular flexibility index (Phi) is 6.61. The van der Waals surface area contributed by atoms with Gasteiger partial charge in [-0.3, -0.25) is 4.79 Å². The monoisotopic (exact) mass is 415 g/mol. The maximum absolute atomic E-state index is 13.4. The van der Waals surface area contributed by atoms with Gasteiger partial charge in [0.25, 0.3) is 0 Å². The van der Waals surface area contributed by atoms with Crippen LogP contribution in [-0.4, -0.2) is 35.4 Å². The molecule has 5 nitrogen and oxygen atoms in total. The summed E-state index contributed by atoms with van der Waals surface area (Å²) in [5, 5.41) is 13.2. The van der Waals surface area contributed by atoms with Gasteiger partial charge in [0.05, 0.1) is 5.60 Å². The summed E-state index contributed by atoms with van der Waals surface area (Å²) in [6.07, 6.45) is 3.95. The Balaban J connectivity index is 1.45. The van der Waals surface area contributed by atoms with Crippen LogP contribution in [0.25, 0.3) is 0 Å². The molecule has 0 radical (unpaired) electrons. The molecule has 0 aliphatic heterocycles. The molecule has 2 N–H and O–H groups in total. The second kappa shape index (κ2) is 8.81. The lowest BCUT2D eigenvalue weighted by Gasteiger charge is -2.38. The minimum Gasteiger partial charge on any atom is -0.486 e. The normalized spacial score (nSPS) is 27.3. The van der Waals surface area contributed by atoms with E-state index < -0.39 is 18.0 Å². The molecular formula is C21H28F3NO4. The predicted molar refractivity (Wildman–Crippen MR) is 100 cm³/mol.